The van der Waals surface area contributed by atoms with Gasteiger partial charge in [-0.1, -0.05) is 23.8 Å². The van der Waals surface area contributed by atoms with Gasteiger partial charge < -0.3 is 14.6 Å². The van der Waals surface area contributed by atoms with E-state index in [1.165, 1.54) is 0 Å². The maximum atomic E-state index is 11.0. The van der Waals surface area contributed by atoms with E-state index in [2.05, 4.69) is 0 Å². The van der Waals surface area contributed by atoms with Crippen LogP contribution in [0.15, 0.2) is 42.5 Å². The predicted molar refractivity (Wildman–Crippen MR) is 79.4 cm³/mol. The summed E-state index contributed by atoms with van der Waals surface area (Å²) in [6.07, 6.45) is 0. The Balaban J connectivity index is 2.56. The quantitative estimate of drug-likeness (QED) is 0.928. The molecule has 1 unspecified atom stereocenters. The van der Waals surface area contributed by atoms with Crippen LogP contribution in [-0.2, 0) is 5.60 Å². The smallest absolute Gasteiger partial charge is 0.125 e. The molecular weight excluding hydrogens is 252 g/mol. The lowest BCUT2D eigenvalue weighted by molar-refractivity contribution is 0.0986. The summed E-state index contributed by atoms with van der Waals surface area (Å²) in [6.45, 7) is 3.75. The van der Waals surface area contributed by atoms with Gasteiger partial charge in [0.05, 0.1) is 14.2 Å². The molecule has 2 aromatic carbocycles. The Morgan fingerprint density at radius 1 is 1.00 bits per heavy atom. The molecule has 0 saturated carbocycles. The van der Waals surface area contributed by atoms with Gasteiger partial charge in [-0.3, -0.25) is 0 Å². The molecule has 0 spiro atoms. The highest BCUT2D eigenvalue weighted by Gasteiger charge is 2.29. The fraction of sp³-hybridized carbons (Fsp3) is 0.294. The van der Waals surface area contributed by atoms with Crippen LogP contribution in [0.25, 0.3) is 0 Å². The Labute approximate surface area is 119 Å². The monoisotopic (exact) mass is 272 g/mol. The highest BCUT2D eigenvalue weighted by atomic mass is 16.5. The second-order valence-electron chi connectivity index (χ2n) is 5.01. The summed E-state index contributed by atoms with van der Waals surface area (Å²) in [5.41, 5.74) is 1.43. The van der Waals surface area contributed by atoms with Gasteiger partial charge in [-0.2, -0.15) is 0 Å². The molecule has 2 rings (SSSR count). The van der Waals surface area contributed by atoms with Gasteiger partial charge in [-0.05, 0) is 43.7 Å². The van der Waals surface area contributed by atoms with Crippen LogP contribution in [0.2, 0.25) is 0 Å². The van der Waals surface area contributed by atoms with Crippen molar-refractivity contribution in [2.45, 2.75) is 19.4 Å². The molecule has 0 radical (unpaired) electrons. The summed E-state index contributed by atoms with van der Waals surface area (Å²) in [4.78, 5) is 0. The number of aliphatic hydroxyl groups is 1. The number of ether oxygens (including phenoxy) is 2. The lowest BCUT2D eigenvalue weighted by atomic mass is 9.86. The van der Waals surface area contributed by atoms with E-state index in [0.717, 1.165) is 22.4 Å². The van der Waals surface area contributed by atoms with Gasteiger partial charge in [0.25, 0.3) is 0 Å². The largest absolute Gasteiger partial charge is 0.497 e. The van der Waals surface area contributed by atoms with E-state index in [1.54, 1.807) is 21.1 Å². The fourth-order valence-corrected chi connectivity index (χ4v) is 2.28. The summed E-state index contributed by atoms with van der Waals surface area (Å²) in [5, 5.41) is 11.0. The summed E-state index contributed by atoms with van der Waals surface area (Å²) in [7, 11) is 3.22. The highest BCUT2D eigenvalue weighted by Crippen LogP contribution is 2.36. The Kier molecular flexibility index (Phi) is 4.00. The number of rotatable bonds is 4. The van der Waals surface area contributed by atoms with Crippen molar-refractivity contribution in [2.75, 3.05) is 14.2 Å². The van der Waals surface area contributed by atoms with E-state index in [1.807, 2.05) is 49.4 Å². The van der Waals surface area contributed by atoms with Gasteiger partial charge in [-0.25, -0.2) is 0 Å². The first kappa shape index (κ1) is 14.4. The van der Waals surface area contributed by atoms with Crippen LogP contribution in [-0.4, -0.2) is 19.3 Å². The minimum atomic E-state index is -1.15. The van der Waals surface area contributed by atoms with E-state index in [0.29, 0.717) is 5.75 Å². The zero-order valence-electron chi connectivity index (χ0n) is 12.3. The summed E-state index contributed by atoms with van der Waals surface area (Å²) in [6, 6.07) is 13.2. The molecule has 0 aliphatic rings. The van der Waals surface area contributed by atoms with Crippen LogP contribution in [0.3, 0.4) is 0 Å². The molecule has 0 bridgehead atoms. The van der Waals surface area contributed by atoms with E-state index in [-0.39, 0.29) is 0 Å². The van der Waals surface area contributed by atoms with Gasteiger partial charge >= 0.3 is 0 Å². The van der Waals surface area contributed by atoms with Crippen molar-refractivity contribution < 1.29 is 14.6 Å². The first-order valence-electron chi connectivity index (χ1n) is 6.51. The van der Waals surface area contributed by atoms with Crippen LogP contribution in [0.5, 0.6) is 11.5 Å². The maximum absolute atomic E-state index is 11.0. The highest BCUT2D eigenvalue weighted by molar-refractivity contribution is 5.47. The molecule has 1 N–H and O–H groups in total. The molecule has 3 heteroatoms. The third-order valence-corrected chi connectivity index (χ3v) is 3.51. The topological polar surface area (TPSA) is 38.7 Å². The SMILES string of the molecule is COc1cccc(C(C)(O)c2cc(C)ccc2OC)c1. The average Bonchev–Trinajstić information content (AvgIpc) is 2.47. The fourth-order valence-electron chi connectivity index (χ4n) is 2.28. The normalized spacial score (nSPS) is 13.7. The summed E-state index contributed by atoms with van der Waals surface area (Å²) < 4.78 is 10.6. The van der Waals surface area contributed by atoms with Crippen molar-refractivity contribution >= 4 is 0 Å². The summed E-state index contributed by atoms with van der Waals surface area (Å²) in [5.74, 6) is 1.39. The molecule has 20 heavy (non-hydrogen) atoms. The molecule has 1 atom stereocenters. The van der Waals surface area contributed by atoms with Crippen LogP contribution in [0.4, 0.5) is 0 Å². The Morgan fingerprint density at radius 2 is 1.75 bits per heavy atom. The molecule has 3 nitrogen and oxygen atoms in total. The van der Waals surface area contributed by atoms with Gasteiger partial charge in [0.15, 0.2) is 0 Å². The van der Waals surface area contributed by atoms with E-state index >= 15 is 0 Å². The average molecular weight is 272 g/mol. The lowest BCUT2D eigenvalue weighted by Crippen LogP contribution is -2.23. The molecule has 0 amide bonds. The van der Waals surface area contributed by atoms with E-state index < -0.39 is 5.60 Å². The first-order valence-corrected chi connectivity index (χ1v) is 6.51. The van der Waals surface area contributed by atoms with Crippen LogP contribution in [0, 0.1) is 6.92 Å². The molecule has 2 aromatic rings. The number of methoxy groups -OCH3 is 2. The van der Waals surface area contributed by atoms with E-state index in [4.69, 9.17) is 9.47 Å². The standard InChI is InChI=1S/C17H20O3/c1-12-8-9-16(20-4)15(10-12)17(2,18)13-6-5-7-14(11-13)19-3/h5-11,18H,1-4H3. The maximum Gasteiger partial charge on any atom is 0.125 e. The van der Waals surface area contributed by atoms with Gasteiger partial charge in [0.2, 0.25) is 0 Å². The molecule has 0 heterocycles. The van der Waals surface area contributed by atoms with Crippen LogP contribution in [0.1, 0.15) is 23.6 Å². The number of benzene rings is 2. The molecule has 0 aromatic heterocycles. The van der Waals surface area contributed by atoms with Gasteiger partial charge in [0, 0.05) is 5.56 Å². The third kappa shape index (κ3) is 2.63. The number of hydrogen-bond acceptors (Lipinski definition) is 3. The zero-order chi connectivity index (χ0) is 14.8. The second kappa shape index (κ2) is 5.55. The minimum absolute atomic E-state index is 0.670. The molecular formula is C17H20O3. The molecule has 106 valence electrons. The minimum Gasteiger partial charge on any atom is -0.497 e. The molecule has 0 saturated heterocycles. The van der Waals surface area contributed by atoms with Crippen molar-refractivity contribution in [3.05, 3.63) is 59.2 Å². The Bertz CT molecular complexity index is 603. The molecule has 0 aliphatic carbocycles. The number of hydrogen-bond donors (Lipinski definition) is 1. The van der Waals surface area contributed by atoms with Crippen molar-refractivity contribution in [1.82, 2.24) is 0 Å². The van der Waals surface area contributed by atoms with Crippen molar-refractivity contribution in [3.8, 4) is 11.5 Å². The lowest BCUT2D eigenvalue weighted by Gasteiger charge is -2.27. The van der Waals surface area contributed by atoms with Crippen molar-refractivity contribution in [2.24, 2.45) is 0 Å². The Morgan fingerprint density at radius 3 is 2.40 bits per heavy atom. The predicted octanol–water partition coefficient (Wildman–Crippen LogP) is 3.27. The summed E-state index contributed by atoms with van der Waals surface area (Å²) >= 11 is 0. The van der Waals surface area contributed by atoms with Crippen molar-refractivity contribution in [3.63, 3.8) is 0 Å². The third-order valence-electron chi connectivity index (χ3n) is 3.51. The van der Waals surface area contributed by atoms with E-state index in [9.17, 15) is 5.11 Å². The molecule has 0 aliphatic heterocycles. The zero-order valence-corrected chi connectivity index (χ0v) is 12.3. The second-order valence-corrected chi connectivity index (χ2v) is 5.01. The van der Waals surface area contributed by atoms with Gasteiger partial charge in [0.1, 0.15) is 17.1 Å². The van der Waals surface area contributed by atoms with Crippen LogP contribution >= 0.6 is 0 Å². The number of aryl methyl sites for hydroxylation is 1. The Hall–Kier alpha value is -2.00. The first-order chi connectivity index (χ1) is 9.48. The van der Waals surface area contributed by atoms with Crippen molar-refractivity contribution in [1.29, 1.82) is 0 Å². The van der Waals surface area contributed by atoms with Crippen LogP contribution < -0.4 is 9.47 Å². The molecule has 0 fully saturated rings. The van der Waals surface area contributed by atoms with Gasteiger partial charge in [-0.15, -0.1) is 0 Å².